The van der Waals surface area contributed by atoms with Crippen molar-refractivity contribution in [1.82, 2.24) is 15.1 Å². The normalized spacial score (nSPS) is 24.2. The molecule has 2 saturated heterocycles. The van der Waals surface area contributed by atoms with E-state index in [9.17, 15) is 0 Å². The van der Waals surface area contributed by atoms with Gasteiger partial charge in [0.05, 0.1) is 12.0 Å². The first-order valence-corrected chi connectivity index (χ1v) is 9.39. The average molecular weight is 342 g/mol. The van der Waals surface area contributed by atoms with Gasteiger partial charge in [0.2, 0.25) is 11.7 Å². The van der Waals surface area contributed by atoms with Gasteiger partial charge < -0.3 is 14.2 Å². The quantitative estimate of drug-likeness (QED) is 0.845. The number of hydrogen-bond acceptors (Lipinski definition) is 6. The molecule has 2 fully saturated rings. The number of piperidine rings is 1. The highest BCUT2D eigenvalue weighted by Gasteiger charge is 2.36. The van der Waals surface area contributed by atoms with Crippen molar-refractivity contribution < 1.29 is 9.26 Å². The van der Waals surface area contributed by atoms with Crippen molar-refractivity contribution in [1.29, 1.82) is 0 Å². The average Bonchev–Trinajstić information content (AvgIpc) is 3.32. The SMILES string of the molecule is CC(C)[C@@H]1OCC[C@@H]1c1nc(-c2ccc(N3CCCCC3)nc2)no1. The molecule has 0 saturated carbocycles. The standard InChI is InChI=1S/C19H26N4O2/c1-13(2)17-15(8-11-24-17)19-21-18(22-25-19)14-6-7-16(20-12-14)23-9-4-3-5-10-23/h6-7,12-13,15,17H,3-5,8-11H2,1-2H3/t15-,17-/m0/s1. The highest BCUT2D eigenvalue weighted by molar-refractivity contribution is 5.56. The zero-order valence-corrected chi connectivity index (χ0v) is 15.0. The first-order chi connectivity index (χ1) is 12.2. The number of ether oxygens (including phenoxy) is 1. The van der Waals surface area contributed by atoms with Crippen molar-refractivity contribution in [2.24, 2.45) is 5.92 Å². The Morgan fingerprint density at radius 3 is 2.72 bits per heavy atom. The van der Waals surface area contributed by atoms with E-state index < -0.39 is 0 Å². The van der Waals surface area contributed by atoms with E-state index in [-0.39, 0.29) is 12.0 Å². The van der Waals surface area contributed by atoms with Gasteiger partial charge in [-0.25, -0.2) is 4.98 Å². The van der Waals surface area contributed by atoms with Crippen LogP contribution >= 0.6 is 0 Å². The smallest absolute Gasteiger partial charge is 0.232 e. The first kappa shape index (κ1) is 16.5. The van der Waals surface area contributed by atoms with Crippen molar-refractivity contribution in [3.05, 3.63) is 24.2 Å². The summed E-state index contributed by atoms with van der Waals surface area (Å²) in [4.78, 5) is 11.6. The molecule has 2 aliphatic rings. The fourth-order valence-electron chi connectivity index (χ4n) is 3.86. The summed E-state index contributed by atoms with van der Waals surface area (Å²) in [5.74, 6) is 2.97. The van der Waals surface area contributed by atoms with E-state index in [4.69, 9.17) is 9.26 Å². The van der Waals surface area contributed by atoms with Crippen molar-refractivity contribution >= 4 is 5.82 Å². The van der Waals surface area contributed by atoms with E-state index >= 15 is 0 Å². The van der Waals surface area contributed by atoms with Crippen LogP contribution in [0.3, 0.4) is 0 Å². The van der Waals surface area contributed by atoms with Gasteiger partial charge in [0, 0.05) is 31.5 Å². The molecule has 2 aromatic heterocycles. The molecular formula is C19H26N4O2. The van der Waals surface area contributed by atoms with Gasteiger partial charge in [-0.3, -0.25) is 0 Å². The van der Waals surface area contributed by atoms with Crippen molar-refractivity contribution in [2.75, 3.05) is 24.6 Å². The molecule has 2 aliphatic heterocycles. The lowest BCUT2D eigenvalue weighted by atomic mass is 9.93. The van der Waals surface area contributed by atoms with E-state index in [0.717, 1.165) is 37.5 Å². The van der Waals surface area contributed by atoms with Crippen LogP contribution < -0.4 is 4.90 Å². The highest BCUT2D eigenvalue weighted by atomic mass is 16.5. The van der Waals surface area contributed by atoms with Crippen LogP contribution in [-0.2, 0) is 4.74 Å². The summed E-state index contributed by atoms with van der Waals surface area (Å²) >= 11 is 0. The molecule has 6 heteroatoms. The second-order valence-electron chi connectivity index (χ2n) is 7.38. The number of aromatic nitrogens is 3. The molecule has 0 aliphatic carbocycles. The molecule has 0 N–H and O–H groups in total. The Bertz CT molecular complexity index is 692. The molecule has 0 amide bonds. The van der Waals surface area contributed by atoms with Gasteiger partial charge in [0.15, 0.2) is 0 Å². The van der Waals surface area contributed by atoms with Gasteiger partial charge in [-0.05, 0) is 43.7 Å². The van der Waals surface area contributed by atoms with Crippen LogP contribution in [-0.4, -0.2) is 40.9 Å². The van der Waals surface area contributed by atoms with Crippen molar-refractivity contribution in [3.8, 4) is 11.4 Å². The largest absolute Gasteiger partial charge is 0.377 e. The number of nitrogens with zero attached hydrogens (tertiary/aromatic N) is 4. The Morgan fingerprint density at radius 2 is 2.00 bits per heavy atom. The Balaban J connectivity index is 1.50. The zero-order valence-electron chi connectivity index (χ0n) is 15.0. The van der Waals surface area contributed by atoms with Crippen LogP contribution in [0.1, 0.15) is 51.3 Å². The lowest BCUT2D eigenvalue weighted by Gasteiger charge is -2.27. The summed E-state index contributed by atoms with van der Waals surface area (Å²) in [6.45, 7) is 7.29. The van der Waals surface area contributed by atoms with Gasteiger partial charge in [0.25, 0.3) is 0 Å². The summed E-state index contributed by atoms with van der Waals surface area (Å²) in [6, 6.07) is 4.10. The summed E-state index contributed by atoms with van der Waals surface area (Å²) in [6.07, 6.45) is 6.77. The van der Waals surface area contributed by atoms with Gasteiger partial charge >= 0.3 is 0 Å². The van der Waals surface area contributed by atoms with E-state index in [0.29, 0.717) is 17.6 Å². The van der Waals surface area contributed by atoms with Crippen LogP contribution in [0.15, 0.2) is 22.9 Å². The van der Waals surface area contributed by atoms with Crippen LogP contribution in [0.4, 0.5) is 5.82 Å². The third kappa shape index (κ3) is 3.40. The van der Waals surface area contributed by atoms with E-state index in [1.807, 2.05) is 12.3 Å². The minimum atomic E-state index is 0.160. The number of hydrogen-bond donors (Lipinski definition) is 0. The summed E-state index contributed by atoms with van der Waals surface area (Å²) in [5, 5.41) is 4.17. The molecule has 25 heavy (non-hydrogen) atoms. The van der Waals surface area contributed by atoms with Gasteiger partial charge in [0.1, 0.15) is 5.82 Å². The fourth-order valence-corrected chi connectivity index (χ4v) is 3.86. The third-order valence-electron chi connectivity index (χ3n) is 5.24. The van der Waals surface area contributed by atoms with Crippen LogP contribution in [0.25, 0.3) is 11.4 Å². The van der Waals surface area contributed by atoms with E-state index in [2.05, 4.69) is 39.9 Å². The Labute approximate surface area is 148 Å². The van der Waals surface area contributed by atoms with Gasteiger partial charge in [-0.15, -0.1) is 0 Å². The molecule has 0 radical (unpaired) electrons. The molecular weight excluding hydrogens is 316 g/mol. The monoisotopic (exact) mass is 342 g/mol. The van der Waals surface area contributed by atoms with Crippen molar-refractivity contribution in [2.45, 2.75) is 51.6 Å². The zero-order chi connectivity index (χ0) is 17.2. The number of rotatable bonds is 4. The molecule has 2 aromatic rings. The Kier molecular flexibility index (Phi) is 4.70. The molecule has 0 aromatic carbocycles. The molecule has 134 valence electrons. The number of pyridine rings is 1. The van der Waals surface area contributed by atoms with Gasteiger partial charge in [-0.1, -0.05) is 19.0 Å². The Hall–Kier alpha value is -1.95. The molecule has 0 spiro atoms. The topological polar surface area (TPSA) is 64.3 Å². The molecule has 0 bridgehead atoms. The number of anilines is 1. The summed E-state index contributed by atoms with van der Waals surface area (Å²) < 4.78 is 11.4. The summed E-state index contributed by atoms with van der Waals surface area (Å²) in [5.41, 5.74) is 0.899. The predicted octanol–water partition coefficient (Wildman–Crippen LogP) is 3.65. The van der Waals surface area contributed by atoms with Crippen molar-refractivity contribution in [3.63, 3.8) is 0 Å². The summed E-state index contributed by atoms with van der Waals surface area (Å²) in [7, 11) is 0. The van der Waals surface area contributed by atoms with E-state index in [1.165, 1.54) is 19.3 Å². The lowest BCUT2D eigenvalue weighted by Crippen LogP contribution is -2.29. The maximum absolute atomic E-state index is 5.83. The second-order valence-corrected chi connectivity index (χ2v) is 7.38. The highest BCUT2D eigenvalue weighted by Crippen LogP contribution is 2.35. The van der Waals surface area contributed by atoms with E-state index in [1.54, 1.807) is 0 Å². The fraction of sp³-hybridized carbons (Fsp3) is 0.632. The maximum Gasteiger partial charge on any atom is 0.232 e. The second kappa shape index (κ2) is 7.12. The minimum absolute atomic E-state index is 0.160. The molecule has 6 nitrogen and oxygen atoms in total. The molecule has 4 rings (SSSR count). The minimum Gasteiger partial charge on any atom is -0.377 e. The van der Waals surface area contributed by atoms with Crippen LogP contribution in [0.2, 0.25) is 0 Å². The molecule has 4 heterocycles. The van der Waals surface area contributed by atoms with Crippen LogP contribution in [0, 0.1) is 5.92 Å². The molecule has 0 unspecified atom stereocenters. The maximum atomic E-state index is 5.83. The van der Waals surface area contributed by atoms with Gasteiger partial charge in [-0.2, -0.15) is 4.98 Å². The lowest BCUT2D eigenvalue weighted by molar-refractivity contribution is 0.0627. The first-order valence-electron chi connectivity index (χ1n) is 9.39. The van der Waals surface area contributed by atoms with Crippen LogP contribution in [0.5, 0.6) is 0 Å². The molecule has 2 atom stereocenters. The third-order valence-corrected chi connectivity index (χ3v) is 5.24. The predicted molar refractivity (Wildman–Crippen MR) is 95.5 cm³/mol. The Morgan fingerprint density at radius 1 is 1.16 bits per heavy atom.